The Morgan fingerprint density at radius 2 is 1.83 bits per heavy atom. The van der Waals surface area contributed by atoms with Gasteiger partial charge in [0, 0.05) is 12.1 Å². The molecule has 3 rings (SSSR count). The smallest absolute Gasteiger partial charge is 0.148 e. The molecule has 5 nitrogen and oxygen atoms in total. The monoisotopic (exact) mass is 248 g/mol. The maximum Gasteiger partial charge on any atom is 0.148 e. The fourth-order valence-corrected chi connectivity index (χ4v) is 2.97. The van der Waals surface area contributed by atoms with Gasteiger partial charge in [0.25, 0.3) is 0 Å². The lowest BCUT2D eigenvalue weighted by Gasteiger charge is -2.10. The average molecular weight is 248 g/mol. The zero-order valence-electron chi connectivity index (χ0n) is 10.4. The van der Waals surface area contributed by atoms with Gasteiger partial charge in [-0.25, -0.2) is 0 Å². The van der Waals surface area contributed by atoms with E-state index in [1.165, 1.54) is 0 Å². The summed E-state index contributed by atoms with van der Waals surface area (Å²) in [5.41, 5.74) is 8.58. The summed E-state index contributed by atoms with van der Waals surface area (Å²) in [6.07, 6.45) is 0.0909. The maximum atomic E-state index is 10.2. The number of nitrogens with zero attached hydrogens (tertiary/aromatic N) is 1. The fourth-order valence-electron chi connectivity index (χ4n) is 2.97. The quantitative estimate of drug-likeness (QED) is 0.324. The van der Waals surface area contributed by atoms with Gasteiger partial charge >= 0.3 is 0 Å². The van der Waals surface area contributed by atoms with Crippen LogP contribution in [0.15, 0.2) is 0 Å². The lowest BCUT2D eigenvalue weighted by molar-refractivity contribution is 0.179. The van der Waals surface area contributed by atoms with Crippen LogP contribution in [0.4, 0.5) is 5.69 Å². The minimum absolute atomic E-state index is 0.00750. The van der Waals surface area contributed by atoms with Crippen molar-refractivity contribution in [1.82, 2.24) is 4.57 Å². The van der Waals surface area contributed by atoms with Gasteiger partial charge < -0.3 is 25.6 Å². The number of hydrogen-bond donors (Lipinski definition) is 4. The van der Waals surface area contributed by atoms with Crippen molar-refractivity contribution in [1.29, 1.82) is 0 Å². The summed E-state index contributed by atoms with van der Waals surface area (Å²) in [6.45, 7) is 4.14. The van der Waals surface area contributed by atoms with Crippen LogP contribution >= 0.6 is 0 Å². The molecule has 1 aromatic heterocycles. The first-order chi connectivity index (χ1) is 8.45. The van der Waals surface area contributed by atoms with Crippen LogP contribution < -0.4 is 5.73 Å². The molecule has 1 aliphatic rings. The molecule has 0 saturated carbocycles. The van der Waals surface area contributed by atoms with Gasteiger partial charge in [0.15, 0.2) is 0 Å². The Bertz CT molecular complexity index is 673. The highest BCUT2D eigenvalue weighted by Gasteiger charge is 2.30. The number of nitrogens with two attached hydrogens (primary N) is 1. The molecule has 2 heterocycles. The average Bonchev–Trinajstić information content (AvgIpc) is 2.84. The molecule has 0 saturated heterocycles. The topological polar surface area (TPSA) is 91.6 Å². The minimum atomic E-state index is -0.544. The highest BCUT2D eigenvalue weighted by Crippen LogP contribution is 2.47. The maximum absolute atomic E-state index is 10.2. The summed E-state index contributed by atoms with van der Waals surface area (Å²) < 4.78 is 1.87. The van der Waals surface area contributed by atoms with Gasteiger partial charge in [-0.05, 0) is 25.8 Å². The molecule has 0 radical (unpaired) electrons. The Hall–Kier alpha value is -1.88. The van der Waals surface area contributed by atoms with Crippen molar-refractivity contribution in [3.05, 3.63) is 16.8 Å². The van der Waals surface area contributed by atoms with Gasteiger partial charge in [0.1, 0.15) is 11.5 Å². The van der Waals surface area contributed by atoms with E-state index in [0.29, 0.717) is 29.4 Å². The second-order valence-corrected chi connectivity index (χ2v) is 4.93. The summed E-state index contributed by atoms with van der Waals surface area (Å²) >= 11 is 0. The zero-order chi connectivity index (χ0) is 13.2. The van der Waals surface area contributed by atoms with Gasteiger partial charge in [0.2, 0.25) is 0 Å². The highest BCUT2D eigenvalue weighted by atomic mass is 16.3. The number of hydrogen-bond acceptors (Lipinski definition) is 4. The van der Waals surface area contributed by atoms with E-state index in [1.54, 1.807) is 6.92 Å². The number of aryl methyl sites for hydroxylation is 2. The second-order valence-electron chi connectivity index (χ2n) is 4.93. The van der Waals surface area contributed by atoms with Gasteiger partial charge in [-0.15, -0.1) is 0 Å². The molecular formula is C13H16N2O3. The van der Waals surface area contributed by atoms with Crippen molar-refractivity contribution in [2.24, 2.45) is 0 Å². The number of rotatable bonds is 0. The fraction of sp³-hybridized carbons (Fsp3) is 0.385. The SMILES string of the molecule is Cc1c(N)c(O)c2c(C)c3n(c2c1O)CCC3O. The highest BCUT2D eigenvalue weighted by molar-refractivity contribution is 6.00. The summed E-state index contributed by atoms with van der Waals surface area (Å²) in [7, 11) is 0. The van der Waals surface area contributed by atoms with Crippen LogP contribution in [0, 0.1) is 13.8 Å². The van der Waals surface area contributed by atoms with Crippen molar-refractivity contribution in [3.8, 4) is 11.5 Å². The van der Waals surface area contributed by atoms with E-state index in [9.17, 15) is 15.3 Å². The number of aliphatic hydroxyl groups is 1. The van der Waals surface area contributed by atoms with Crippen molar-refractivity contribution in [2.45, 2.75) is 32.9 Å². The van der Waals surface area contributed by atoms with Crippen LogP contribution in [-0.2, 0) is 6.54 Å². The summed E-state index contributed by atoms with van der Waals surface area (Å²) in [4.78, 5) is 0. The number of nitrogen functional groups attached to an aromatic ring is 1. The number of benzene rings is 1. The number of anilines is 1. The van der Waals surface area contributed by atoms with E-state index in [-0.39, 0.29) is 17.2 Å². The van der Waals surface area contributed by atoms with Crippen molar-refractivity contribution < 1.29 is 15.3 Å². The van der Waals surface area contributed by atoms with E-state index in [4.69, 9.17) is 5.73 Å². The number of phenols is 2. The summed E-state index contributed by atoms with van der Waals surface area (Å²) in [5, 5.41) is 30.9. The van der Waals surface area contributed by atoms with Crippen LogP contribution in [-0.4, -0.2) is 19.9 Å². The molecule has 1 aromatic carbocycles. The van der Waals surface area contributed by atoms with Gasteiger partial charge in [-0.1, -0.05) is 0 Å². The first-order valence-electron chi connectivity index (χ1n) is 5.95. The van der Waals surface area contributed by atoms with Crippen LogP contribution in [0.2, 0.25) is 0 Å². The first kappa shape index (κ1) is 11.2. The molecule has 0 bridgehead atoms. The van der Waals surface area contributed by atoms with E-state index in [2.05, 4.69) is 0 Å². The Labute approximate surface area is 104 Å². The molecule has 5 N–H and O–H groups in total. The van der Waals surface area contributed by atoms with Crippen molar-refractivity contribution in [3.63, 3.8) is 0 Å². The van der Waals surface area contributed by atoms with E-state index < -0.39 is 6.10 Å². The minimum Gasteiger partial charge on any atom is -0.505 e. The normalized spacial score (nSPS) is 18.5. The molecule has 0 amide bonds. The third kappa shape index (κ3) is 1.09. The van der Waals surface area contributed by atoms with Crippen molar-refractivity contribution in [2.75, 3.05) is 5.73 Å². The molecule has 96 valence electrons. The number of aromatic hydroxyl groups is 2. The predicted molar refractivity (Wildman–Crippen MR) is 68.7 cm³/mol. The van der Waals surface area contributed by atoms with Crippen LogP contribution in [0.3, 0.4) is 0 Å². The number of fused-ring (bicyclic) bond motifs is 3. The third-order valence-corrected chi connectivity index (χ3v) is 3.97. The van der Waals surface area contributed by atoms with E-state index in [0.717, 1.165) is 11.3 Å². The molecule has 0 aliphatic carbocycles. The van der Waals surface area contributed by atoms with E-state index >= 15 is 0 Å². The Morgan fingerprint density at radius 3 is 2.50 bits per heavy atom. The molecule has 18 heavy (non-hydrogen) atoms. The molecule has 1 unspecified atom stereocenters. The zero-order valence-corrected chi connectivity index (χ0v) is 10.4. The second kappa shape index (κ2) is 3.32. The molecule has 0 spiro atoms. The van der Waals surface area contributed by atoms with Gasteiger partial charge in [0.05, 0.1) is 28.4 Å². The third-order valence-electron chi connectivity index (χ3n) is 3.97. The molecular weight excluding hydrogens is 232 g/mol. The number of aromatic nitrogens is 1. The van der Waals surface area contributed by atoms with Crippen molar-refractivity contribution >= 4 is 16.6 Å². The lowest BCUT2D eigenvalue weighted by atomic mass is 10.0. The van der Waals surface area contributed by atoms with Crippen LogP contribution in [0.25, 0.3) is 10.9 Å². The van der Waals surface area contributed by atoms with Gasteiger partial charge in [-0.2, -0.15) is 0 Å². The Morgan fingerprint density at radius 1 is 1.17 bits per heavy atom. The lowest BCUT2D eigenvalue weighted by Crippen LogP contribution is -1.96. The summed E-state index contributed by atoms with van der Waals surface area (Å²) in [5.74, 6) is 0.0793. The largest absolute Gasteiger partial charge is 0.505 e. The predicted octanol–water partition coefficient (Wildman–Crippen LogP) is 1.69. The standard InChI is InChI=1S/C13H16N2O3/c1-5-8-11(15-4-3-7(16)10(5)15)12(17)6(2)9(14)13(8)18/h7,16-18H,3-4,14H2,1-2H3. The molecule has 2 aromatic rings. The van der Waals surface area contributed by atoms with Crippen LogP contribution in [0.1, 0.15) is 29.3 Å². The van der Waals surface area contributed by atoms with Gasteiger partial charge in [-0.3, -0.25) is 0 Å². The summed E-state index contributed by atoms with van der Waals surface area (Å²) in [6, 6.07) is 0. The Balaban J connectivity index is 2.56. The Kier molecular flexibility index (Phi) is 2.07. The molecule has 1 atom stereocenters. The molecule has 1 aliphatic heterocycles. The number of aliphatic hydroxyl groups excluding tert-OH is 1. The molecule has 5 heteroatoms. The number of phenolic OH excluding ortho intramolecular Hbond substituents is 2. The molecule has 0 fully saturated rings. The van der Waals surface area contributed by atoms with Crippen LogP contribution in [0.5, 0.6) is 11.5 Å². The first-order valence-corrected chi connectivity index (χ1v) is 5.95. The van der Waals surface area contributed by atoms with E-state index in [1.807, 2.05) is 11.5 Å².